The highest BCUT2D eigenvalue weighted by Crippen LogP contribution is 2.31. The van der Waals surface area contributed by atoms with E-state index in [-0.39, 0.29) is 10.6 Å². The normalized spacial score (nSPS) is 19.2. The lowest BCUT2D eigenvalue weighted by molar-refractivity contribution is -0.385. The van der Waals surface area contributed by atoms with Crippen LogP contribution < -0.4 is 4.90 Å². The maximum Gasteiger partial charge on any atom is 0.273 e. The van der Waals surface area contributed by atoms with Crippen molar-refractivity contribution < 1.29 is 4.92 Å². The van der Waals surface area contributed by atoms with Gasteiger partial charge in [-0.15, -0.1) is 0 Å². The predicted molar refractivity (Wildman–Crippen MR) is 80.9 cm³/mol. The molecule has 19 heavy (non-hydrogen) atoms. The fraction of sp³-hybridized carbons (Fsp3) is 0.571. The summed E-state index contributed by atoms with van der Waals surface area (Å²) in [6.45, 7) is 6.61. The predicted octanol–water partition coefficient (Wildman–Crippen LogP) is 3.97. The van der Waals surface area contributed by atoms with Crippen LogP contribution in [0.1, 0.15) is 25.8 Å². The molecule has 2 rings (SSSR count). The minimum Gasteiger partial charge on any atom is -0.371 e. The van der Waals surface area contributed by atoms with Crippen molar-refractivity contribution in [2.24, 2.45) is 11.8 Å². The van der Waals surface area contributed by atoms with Crippen LogP contribution in [-0.2, 0) is 5.33 Å². The van der Waals surface area contributed by atoms with Crippen molar-refractivity contribution in [1.82, 2.24) is 0 Å². The molecule has 0 aliphatic carbocycles. The molecule has 1 atom stereocenters. The quantitative estimate of drug-likeness (QED) is 0.477. The van der Waals surface area contributed by atoms with E-state index in [4.69, 9.17) is 0 Å². The lowest BCUT2D eigenvalue weighted by Gasteiger charge is -2.20. The number of nitro groups is 1. The molecule has 0 aromatic heterocycles. The van der Waals surface area contributed by atoms with Gasteiger partial charge in [-0.1, -0.05) is 29.8 Å². The fourth-order valence-corrected chi connectivity index (χ4v) is 3.07. The minimum atomic E-state index is -0.318. The SMILES string of the molecule is CC(C)C1CCN(c2ccc([N+](=O)[O-])c(CBr)c2)C1. The number of rotatable bonds is 4. The Morgan fingerprint density at radius 2 is 2.26 bits per heavy atom. The number of benzene rings is 1. The van der Waals surface area contributed by atoms with Crippen LogP contribution in [-0.4, -0.2) is 18.0 Å². The highest BCUT2D eigenvalue weighted by atomic mass is 79.9. The molecule has 1 saturated heterocycles. The summed E-state index contributed by atoms with van der Waals surface area (Å²) >= 11 is 3.33. The monoisotopic (exact) mass is 326 g/mol. The summed E-state index contributed by atoms with van der Waals surface area (Å²) in [4.78, 5) is 12.9. The lowest BCUT2D eigenvalue weighted by Crippen LogP contribution is -2.21. The van der Waals surface area contributed by atoms with Crippen molar-refractivity contribution in [1.29, 1.82) is 0 Å². The molecular formula is C14H19BrN2O2. The number of anilines is 1. The van der Waals surface area contributed by atoms with E-state index in [1.54, 1.807) is 6.07 Å². The number of nitro benzene ring substituents is 1. The molecule has 104 valence electrons. The molecule has 1 aliphatic rings. The van der Waals surface area contributed by atoms with Crippen LogP contribution >= 0.6 is 15.9 Å². The zero-order chi connectivity index (χ0) is 14.0. The van der Waals surface area contributed by atoms with Gasteiger partial charge >= 0.3 is 0 Å². The van der Waals surface area contributed by atoms with E-state index in [0.717, 1.165) is 30.3 Å². The number of hydrogen-bond acceptors (Lipinski definition) is 3. The van der Waals surface area contributed by atoms with E-state index in [9.17, 15) is 10.1 Å². The number of hydrogen-bond donors (Lipinski definition) is 0. The lowest BCUT2D eigenvalue weighted by atomic mass is 9.95. The van der Waals surface area contributed by atoms with Gasteiger partial charge in [0, 0.05) is 35.7 Å². The molecule has 0 radical (unpaired) electrons. The smallest absolute Gasteiger partial charge is 0.273 e. The van der Waals surface area contributed by atoms with Gasteiger partial charge in [0.15, 0.2) is 0 Å². The van der Waals surface area contributed by atoms with E-state index >= 15 is 0 Å². The van der Waals surface area contributed by atoms with Crippen LogP contribution in [0.15, 0.2) is 18.2 Å². The average molecular weight is 327 g/mol. The summed E-state index contributed by atoms with van der Waals surface area (Å²) in [6, 6.07) is 5.43. The molecule has 1 heterocycles. The molecule has 1 aliphatic heterocycles. The average Bonchev–Trinajstić information content (AvgIpc) is 2.87. The highest BCUT2D eigenvalue weighted by Gasteiger charge is 2.26. The Morgan fingerprint density at radius 1 is 1.53 bits per heavy atom. The summed E-state index contributed by atoms with van der Waals surface area (Å²) in [6.07, 6.45) is 1.21. The first-order chi connectivity index (χ1) is 9.02. The topological polar surface area (TPSA) is 46.4 Å². The molecule has 4 nitrogen and oxygen atoms in total. The third-order valence-corrected chi connectivity index (χ3v) is 4.54. The molecule has 0 amide bonds. The maximum atomic E-state index is 10.9. The van der Waals surface area contributed by atoms with Crippen molar-refractivity contribution in [3.8, 4) is 0 Å². The second-order valence-electron chi connectivity index (χ2n) is 5.44. The zero-order valence-electron chi connectivity index (χ0n) is 11.3. The molecule has 0 N–H and O–H groups in total. The first kappa shape index (κ1) is 14.3. The van der Waals surface area contributed by atoms with Gasteiger partial charge in [0.25, 0.3) is 5.69 Å². The van der Waals surface area contributed by atoms with Crippen molar-refractivity contribution in [3.63, 3.8) is 0 Å². The van der Waals surface area contributed by atoms with Gasteiger partial charge in [-0.3, -0.25) is 10.1 Å². The first-order valence-electron chi connectivity index (χ1n) is 6.61. The van der Waals surface area contributed by atoms with Crippen LogP contribution in [0.3, 0.4) is 0 Å². The Hall–Kier alpha value is -1.10. The van der Waals surface area contributed by atoms with Gasteiger partial charge in [-0.2, -0.15) is 0 Å². The number of alkyl halides is 1. The molecule has 0 bridgehead atoms. The van der Waals surface area contributed by atoms with Crippen LogP contribution in [0.25, 0.3) is 0 Å². The van der Waals surface area contributed by atoms with E-state index in [1.165, 1.54) is 6.42 Å². The van der Waals surface area contributed by atoms with Crippen LogP contribution in [0, 0.1) is 22.0 Å². The second kappa shape index (κ2) is 5.90. The molecule has 1 aromatic rings. The molecule has 1 aromatic carbocycles. The number of nitrogens with zero attached hydrogens (tertiary/aromatic N) is 2. The van der Waals surface area contributed by atoms with Crippen LogP contribution in [0.2, 0.25) is 0 Å². The third-order valence-electron chi connectivity index (χ3n) is 3.94. The summed E-state index contributed by atoms with van der Waals surface area (Å²) in [5, 5.41) is 11.4. The van der Waals surface area contributed by atoms with Crippen molar-refractivity contribution in [3.05, 3.63) is 33.9 Å². The van der Waals surface area contributed by atoms with Gasteiger partial charge in [-0.05, 0) is 30.4 Å². The highest BCUT2D eigenvalue weighted by molar-refractivity contribution is 9.08. The maximum absolute atomic E-state index is 10.9. The Kier molecular flexibility index (Phi) is 4.45. The Bertz CT molecular complexity index is 477. The first-order valence-corrected chi connectivity index (χ1v) is 7.73. The Balaban J connectivity index is 2.20. The summed E-state index contributed by atoms with van der Waals surface area (Å²) in [7, 11) is 0. The van der Waals surface area contributed by atoms with Gasteiger partial charge in [0.1, 0.15) is 0 Å². The van der Waals surface area contributed by atoms with E-state index < -0.39 is 0 Å². The van der Waals surface area contributed by atoms with Crippen LogP contribution in [0.4, 0.5) is 11.4 Å². The summed E-state index contributed by atoms with van der Waals surface area (Å²) in [5.74, 6) is 1.42. The Labute approximate surface area is 122 Å². The van der Waals surface area contributed by atoms with Crippen molar-refractivity contribution >= 4 is 27.3 Å². The molecule has 5 heteroatoms. The standard InChI is InChI=1S/C14H19BrN2O2/c1-10(2)11-5-6-16(9-11)13-3-4-14(17(18)19)12(7-13)8-15/h3-4,7,10-11H,5-6,8-9H2,1-2H3. The molecular weight excluding hydrogens is 308 g/mol. The van der Waals surface area contributed by atoms with Gasteiger partial charge < -0.3 is 4.90 Å². The van der Waals surface area contributed by atoms with E-state index in [0.29, 0.717) is 11.2 Å². The Morgan fingerprint density at radius 3 is 2.79 bits per heavy atom. The van der Waals surface area contributed by atoms with Crippen molar-refractivity contribution in [2.45, 2.75) is 25.6 Å². The van der Waals surface area contributed by atoms with Crippen molar-refractivity contribution in [2.75, 3.05) is 18.0 Å². The van der Waals surface area contributed by atoms with Gasteiger partial charge in [-0.25, -0.2) is 0 Å². The molecule has 0 saturated carbocycles. The molecule has 0 spiro atoms. The fourth-order valence-electron chi connectivity index (χ4n) is 2.62. The largest absolute Gasteiger partial charge is 0.371 e. The zero-order valence-corrected chi connectivity index (χ0v) is 12.9. The summed E-state index contributed by atoms with van der Waals surface area (Å²) in [5.41, 5.74) is 2.04. The molecule has 1 fully saturated rings. The second-order valence-corrected chi connectivity index (χ2v) is 6.00. The van der Waals surface area contributed by atoms with E-state index in [1.807, 2.05) is 12.1 Å². The number of halogens is 1. The molecule has 1 unspecified atom stereocenters. The van der Waals surface area contributed by atoms with E-state index in [2.05, 4.69) is 34.7 Å². The van der Waals surface area contributed by atoms with Gasteiger partial charge in [0.2, 0.25) is 0 Å². The summed E-state index contributed by atoms with van der Waals surface area (Å²) < 4.78 is 0. The third kappa shape index (κ3) is 3.08. The minimum absolute atomic E-state index is 0.195. The van der Waals surface area contributed by atoms with Crippen LogP contribution in [0.5, 0.6) is 0 Å². The van der Waals surface area contributed by atoms with Gasteiger partial charge in [0.05, 0.1) is 4.92 Å².